The number of hydrogen-bond acceptors (Lipinski definition) is 3. The number of carbonyl (C=O) groups is 1. The summed E-state index contributed by atoms with van der Waals surface area (Å²) >= 11 is 0. The van der Waals surface area contributed by atoms with E-state index in [4.69, 9.17) is 0 Å². The van der Waals surface area contributed by atoms with E-state index in [-0.39, 0.29) is 24.4 Å². The zero-order valence-electron chi connectivity index (χ0n) is 16.2. The van der Waals surface area contributed by atoms with Gasteiger partial charge in [-0.15, -0.1) is 0 Å². The maximum absolute atomic E-state index is 13.9. The van der Waals surface area contributed by atoms with Gasteiger partial charge in [0.15, 0.2) is 0 Å². The van der Waals surface area contributed by atoms with Crippen LogP contribution < -0.4 is 5.32 Å². The monoisotopic (exact) mass is 424 g/mol. The molecule has 1 amide bonds. The van der Waals surface area contributed by atoms with E-state index in [1.165, 1.54) is 22.5 Å². The third-order valence-corrected chi connectivity index (χ3v) is 7.14. The van der Waals surface area contributed by atoms with Crippen LogP contribution in [0, 0.1) is 5.82 Å². The molecule has 0 spiro atoms. The zero-order valence-corrected chi connectivity index (χ0v) is 17.0. The number of halogens is 1. The smallest absolute Gasteiger partial charge is 0.244 e. The molecular weight excluding hydrogens is 403 g/mol. The Labute approximate surface area is 175 Å². The van der Waals surface area contributed by atoms with Crippen LogP contribution in [0.15, 0.2) is 83.8 Å². The highest BCUT2D eigenvalue weighted by Crippen LogP contribution is 2.29. The Kier molecular flexibility index (Phi) is 5.65. The molecule has 7 heteroatoms. The molecule has 1 atom stereocenters. The molecule has 0 fully saturated rings. The largest absolute Gasteiger partial charge is 0.351 e. The lowest BCUT2D eigenvalue weighted by molar-refractivity contribution is -0.125. The number of nitrogens with zero attached hydrogens (tertiary/aromatic N) is 1. The molecule has 0 aromatic heterocycles. The van der Waals surface area contributed by atoms with E-state index in [1.807, 2.05) is 24.3 Å². The molecule has 0 saturated heterocycles. The van der Waals surface area contributed by atoms with Crippen LogP contribution in [0.25, 0.3) is 0 Å². The molecule has 154 valence electrons. The maximum Gasteiger partial charge on any atom is 0.244 e. The molecule has 1 N–H and O–H groups in total. The van der Waals surface area contributed by atoms with E-state index in [1.54, 1.807) is 36.4 Å². The molecule has 1 aliphatic heterocycles. The summed E-state index contributed by atoms with van der Waals surface area (Å²) in [7, 11) is -3.89. The van der Waals surface area contributed by atoms with Gasteiger partial charge >= 0.3 is 0 Å². The van der Waals surface area contributed by atoms with E-state index in [9.17, 15) is 17.6 Å². The predicted molar refractivity (Wildman–Crippen MR) is 111 cm³/mol. The van der Waals surface area contributed by atoms with Crippen molar-refractivity contribution in [2.75, 3.05) is 0 Å². The van der Waals surface area contributed by atoms with Crippen LogP contribution in [0.1, 0.15) is 16.7 Å². The SMILES string of the molecule is O=C(NCc1ccccc1F)[C@@H]1Cc2ccccc2CN1S(=O)(=O)c1ccccc1. The third-order valence-electron chi connectivity index (χ3n) is 5.27. The standard InChI is InChI=1S/C23H21FN2O3S/c24-21-13-7-6-9-18(21)15-25-23(27)22-14-17-8-4-5-10-19(17)16-26(22)30(28,29)20-11-2-1-3-12-20/h1-13,22H,14-16H2,(H,25,27)/t22-/m0/s1. The van der Waals surface area contributed by atoms with Gasteiger partial charge in [0.1, 0.15) is 11.9 Å². The Morgan fingerprint density at radius 1 is 0.933 bits per heavy atom. The van der Waals surface area contributed by atoms with Gasteiger partial charge in [-0.3, -0.25) is 4.79 Å². The first-order valence-electron chi connectivity index (χ1n) is 9.61. The van der Waals surface area contributed by atoms with Gasteiger partial charge in [0.25, 0.3) is 0 Å². The Hall–Kier alpha value is -3.03. The molecule has 3 aromatic rings. The van der Waals surface area contributed by atoms with Crippen LogP contribution in [-0.2, 0) is 34.3 Å². The molecule has 5 nitrogen and oxygen atoms in total. The maximum atomic E-state index is 13.9. The number of nitrogens with one attached hydrogen (secondary N) is 1. The van der Waals surface area contributed by atoms with E-state index in [0.717, 1.165) is 11.1 Å². The molecule has 0 unspecified atom stereocenters. The number of rotatable bonds is 5. The van der Waals surface area contributed by atoms with Crippen molar-refractivity contribution in [3.63, 3.8) is 0 Å². The van der Waals surface area contributed by atoms with Crippen LogP contribution in [-0.4, -0.2) is 24.7 Å². The highest BCUT2D eigenvalue weighted by atomic mass is 32.2. The summed E-state index contributed by atoms with van der Waals surface area (Å²) in [6, 6.07) is 20.8. The van der Waals surface area contributed by atoms with E-state index in [0.29, 0.717) is 5.56 Å². The Balaban J connectivity index is 1.64. The van der Waals surface area contributed by atoms with Gasteiger partial charge in [-0.05, 0) is 35.7 Å². The average molecular weight is 424 g/mol. The highest BCUT2D eigenvalue weighted by Gasteiger charge is 2.39. The summed E-state index contributed by atoms with van der Waals surface area (Å²) < 4.78 is 41.8. The Bertz CT molecular complexity index is 1170. The van der Waals surface area contributed by atoms with Gasteiger partial charge in [-0.25, -0.2) is 12.8 Å². The summed E-state index contributed by atoms with van der Waals surface area (Å²) in [5, 5.41) is 2.71. The van der Waals surface area contributed by atoms with Crippen molar-refractivity contribution < 1.29 is 17.6 Å². The predicted octanol–water partition coefficient (Wildman–Crippen LogP) is 3.26. The molecule has 0 aliphatic carbocycles. The quantitative estimate of drug-likeness (QED) is 0.684. The minimum absolute atomic E-state index is 0.0110. The minimum Gasteiger partial charge on any atom is -0.351 e. The summed E-state index contributed by atoms with van der Waals surface area (Å²) in [6.07, 6.45) is 0.255. The van der Waals surface area contributed by atoms with Gasteiger partial charge in [-0.2, -0.15) is 4.31 Å². The molecule has 0 bridgehead atoms. The van der Waals surface area contributed by atoms with Crippen molar-refractivity contribution in [2.24, 2.45) is 0 Å². The molecule has 30 heavy (non-hydrogen) atoms. The summed E-state index contributed by atoms with van der Waals surface area (Å²) in [5.41, 5.74) is 2.15. The lowest BCUT2D eigenvalue weighted by Gasteiger charge is -2.35. The second kappa shape index (κ2) is 8.38. The number of fused-ring (bicyclic) bond motifs is 1. The van der Waals surface area contributed by atoms with Crippen molar-refractivity contribution >= 4 is 15.9 Å². The first-order chi connectivity index (χ1) is 14.5. The van der Waals surface area contributed by atoms with Crippen molar-refractivity contribution in [1.29, 1.82) is 0 Å². The Morgan fingerprint density at radius 2 is 1.57 bits per heavy atom. The van der Waals surface area contributed by atoms with Gasteiger partial charge in [0.2, 0.25) is 15.9 Å². The van der Waals surface area contributed by atoms with Crippen molar-refractivity contribution in [2.45, 2.75) is 30.4 Å². The van der Waals surface area contributed by atoms with Gasteiger partial charge < -0.3 is 5.32 Å². The number of sulfonamides is 1. The molecular formula is C23H21FN2O3S. The van der Waals surface area contributed by atoms with Crippen LogP contribution in [0.5, 0.6) is 0 Å². The van der Waals surface area contributed by atoms with Crippen molar-refractivity contribution in [3.8, 4) is 0 Å². The molecule has 0 saturated carbocycles. The van der Waals surface area contributed by atoms with E-state index in [2.05, 4.69) is 5.32 Å². The fraction of sp³-hybridized carbons (Fsp3) is 0.174. The summed E-state index contributed by atoms with van der Waals surface area (Å²) in [5.74, 6) is -0.868. The number of benzene rings is 3. The van der Waals surface area contributed by atoms with E-state index < -0.39 is 27.8 Å². The van der Waals surface area contributed by atoms with Crippen LogP contribution in [0.4, 0.5) is 4.39 Å². The molecule has 1 aliphatic rings. The fourth-order valence-electron chi connectivity index (χ4n) is 3.64. The second-order valence-electron chi connectivity index (χ2n) is 7.16. The average Bonchev–Trinajstić information content (AvgIpc) is 2.78. The van der Waals surface area contributed by atoms with Crippen LogP contribution >= 0.6 is 0 Å². The lowest BCUT2D eigenvalue weighted by Crippen LogP contribution is -2.52. The van der Waals surface area contributed by atoms with Crippen molar-refractivity contribution in [1.82, 2.24) is 9.62 Å². The second-order valence-corrected chi connectivity index (χ2v) is 9.05. The Morgan fingerprint density at radius 3 is 2.30 bits per heavy atom. The fourth-order valence-corrected chi connectivity index (χ4v) is 5.23. The molecule has 3 aromatic carbocycles. The normalized spacial score (nSPS) is 16.6. The topological polar surface area (TPSA) is 66.5 Å². The number of amides is 1. The highest BCUT2D eigenvalue weighted by molar-refractivity contribution is 7.89. The van der Waals surface area contributed by atoms with E-state index >= 15 is 0 Å². The first kappa shape index (κ1) is 20.3. The first-order valence-corrected chi connectivity index (χ1v) is 11.1. The molecule has 4 rings (SSSR count). The minimum atomic E-state index is -3.89. The van der Waals surface area contributed by atoms with Crippen LogP contribution in [0.2, 0.25) is 0 Å². The third kappa shape index (κ3) is 3.99. The van der Waals surface area contributed by atoms with Crippen LogP contribution in [0.3, 0.4) is 0 Å². The van der Waals surface area contributed by atoms with Gasteiger partial charge in [0.05, 0.1) is 4.90 Å². The molecule has 1 heterocycles. The van der Waals surface area contributed by atoms with Crippen molar-refractivity contribution in [3.05, 3.63) is 101 Å². The van der Waals surface area contributed by atoms with Gasteiger partial charge in [0, 0.05) is 18.7 Å². The van der Waals surface area contributed by atoms with Gasteiger partial charge in [-0.1, -0.05) is 60.7 Å². The number of hydrogen-bond donors (Lipinski definition) is 1. The summed E-state index contributed by atoms with van der Waals surface area (Å²) in [6.45, 7) is 0.0913. The number of carbonyl (C=O) groups excluding carboxylic acids is 1. The zero-order chi connectivity index (χ0) is 21.1. The lowest BCUT2D eigenvalue weighted by atomic mass is 9.95. The molecule has 0 radical (unpaired) electrons. The summed E-state index contributed by atoms with van der Waals surface area (Å²) in [4.78, 5) is 13.2.